The molecule has 1 aromatic carbocycles. The van der Waals surface area contributed by atoms with Crippen LogP contribution in [0.4, 0.5) is 5.13 Å². The fourth-order valence-corrected chi connectivity index (χ4v) is 2.72. The second-order valence-corrected chi connectivity index (χ2v) is 5.50. The van der Waals surface area contributed by atoms with E-state index in [1.54, 1.807) is 12.3 Å². The van der Waals surface area contributed by atoms with Crippen molar-refractivity contribution in [3.63, 3.8) is 0 Å². The highest BCUT2D eigenvalue weighted by Gasteiger charge is 2.20. The zero-order chi connectivity index (χ0) is 15.8. The number of nitrogens with one attached hydrogen (secondary N) is 1. The highest BCUT2D eigenvalue weighted by atomic mass is 32.1. The third-order valence-electron chi connectivity index (χ3n) is 3.17. The van der Waals surface area contributed by atoms with Crippen LogP contribution in [0, 0.1) is 11.3 Å². The number of carbonyl (C=O) groups is 1. The number of fused-ring (bicyclic) bond motifs is 3. The minimum atomic E-state index is -0.511. The monoisotopic (exact) mass is 322 g/mol. The van der Waals surface area contributed by atoms with Gasteiger partial charge >= 0.3 is 0 Å². The van der Waals surface area contributed by atoms with E-state index < -0.39 is 5.91 Å². The van der Waals surface area contributed by atoms with E-state index in [4.69, 9.17) is 9.78 Å². The maximum absolute atomic E-state index is 12.3. The van der Waals surface area contributed by atoms with Crippen molar-refractivity contribution in [3.8, 4) is 6.07 Å². The lowest BCUT2D eigenvalue weighted by atomic mass is 10.1. The Morgan fingerprint density at radius 2 is 2.17 bits per heavy atom. The molecule has 4 aromatic rings. The fraction of sp³-hybridized carbons (Fsp3) is 0. The molecule has 0 radical (unpaired) electrons. The summed E-state index contributed by atoms with van der Waals surface area (Å²) in [4.78, 5) is 16.6. The maximum atomic E-state index is 12.3. The van der Waals surface area contributed by atoms with E-state index in [2.05, 4.69) is 25.7 Å². The molecule has 0 aliphatic rings. The SMILES string of the molecule is N#Cc1nnc(NC(=O)c2onc3c2ccc2cccnc23)s1. The molecule has 0 saturated carbocycles. The molecule has 9 heteroatoms. The van der Waals surface area contributed by atoms with Gasteiger partial charge in [-0.2, -0.15) is 5.26 Å². The summed E-state index contributed by atoms with van der Waals surface area (Å²) in [5.41, 5.74) is 1.18. The maximum Gasteiger partial charge on any atom is 0.296 e. The van der Waals surface area contributed by atoms with E-state index in [0.29, 0.717) is 16.4 Å². The van der Waals surface area contributed by atoms with Crippen LogP contribution in [0.5, 0.6) is 0 Å². The first-order valence-corrected chi connectivity index (χ1v) is 7.26. The first-order valence-electron chi connectivity index (χ1n) is 6.44. The van der Waals surface area contributed by atoms with Gasteiger partial charge in [0.2, 0.25) is 15.9 Å². The molecule has 0 fully saturated rings. The summed E-state index contributed by atoms with van der Waals surface area (Å²) >= 11 is 0.977. The van der Waals surface area contributed by atoms with Crippen molar-refractivity contribution >= 4 is 44.2 Å². The van der Waals surface area contributed by atoms with Crippen LogP contribution in [0.25, 0.3) is 21.8 Å². The molecular weight excluding hydrogens is 316 g/mol. The van der Waals surface area contributed by atoms with Crippen molar-refractivity contribution in [1.82, 2.24) is 20.3 Å². The summed E-state index contributed by atoms with van der Waals surface area (Å²) in [5, 5.41) is 24.4. The van der Waals surface area contributed by atoms with Crippen LogP contribution in [0.1, 0.15) is 15.6 Å². The average molecular weight is 322 g/mol. The Morgan fingerprint density at radius 3 is 3.00 bits per heavy atom. The van der Waals surface area contributed by atoms with E-state index in [-0.39, 0.29) is 15.9 Å². The van der Waals surface area contributed by atoms with Crippen LogP contribution in [0.15, 0.2) is 35.0 Å². The number of nitriles is 1. The summed E-state index contributed by atoms with van der Waals surface area (Å²) < 4.78 is 5.18. The number of rotatable bonds is 2. The zero-order valence-corrected chi connectivity index (χ0v) is 12.2. The van der Waals surface area contributed by atoms with E-state index in [1.807, 2.05) is 24.3 Å². The van der Waals surface area contributed by atoms with Crippen molar-refractivity contribution in [2.45, 2.75) is 0 Å². The van der Waals surface area contributed by atoms with Crippen LogP contribution < -0.4 is 5.32 Å². The van der Waals surface area contributed by atoms with Gasteiger partial charge in [0.05, 0.1) is 10.9 Å². The van der Waals surface area contributed by atoms with Gasteiger partial charge in [0.15, 0.2) is 0 Å². The molecule has 4 rings (SSSR count). The van der Waals surface area contributed by atoms with E-state index in [1.165, 1.54) is 0 Å². The lowest BCUT2D eigenvalue weighted by Crippen LogP contribution is -2.11. The predicted molar refractivity (Wildman–Crippen MR) is 81.9 cm³/mol. The summed E-state index contributed by atoms with van der Waals surface area (Å²) in [7, 11) is 0. The molecule has 1 N–H and O–H groups in total. The Hall–Kier alpha value is -3.38. The second kappa shape index (κ2) is 5.11. The summed E-state index contributed by atoms with van der Waals surface area (Å²) in [6.07, 6.45) is 1.65. The first-order chi connectivity index (χ1) is 11.3. The quantitative estimate of drug-likeness (QED) is 0.601. The number of hydrogen-bond acceptors (Lipinski definition) is 8. The summed E-state index contributed by atoms with van der Waals surface area (Å²) in [6, 6.07) is 9.18. The van der Waals surface area contributed by atoms with Crippen molar-refractivity contribution in [2.75, 3.05) is 5.32 Å². The van der Waals surface area contributed by atoms with Crippen LogP contribution in [-0.2, 0) is 0 Å². The zero-order valence-electron chi connectivity index (χ0n) is 11.3. The third kappa shape index (κ3) is 2.18. The number of nitrogens with zero attached hydrogens (tertiary/aromatic N) is 5. The minimum absolute atomic E-state index is 0.0567. The molecule has 8 nitrogen and oxygen atoms in total. The average Bonchev–Trinajstić information content (AvgIpc) is 3.21. The Bertz CT molecular complexity index is 1090. The molecule has 0 aliphatic carbocycles. The van der Waals surface area contributed by atoms with Crippen molar-refractivity contribution < 1.29 is 9.32 Å². The Morgan fingerprint density at radius 1 is 1.26 bits per heavy atom. The van der Waals surface area contributed by atoms with Gasteiger partial charge in [0.1, 0.15) is 11.6 Å². The number of aromatic nitrogens is 4. The summed E-state index contributed by atoms with van der Waals surface area (Å²) in [6.45, 7) is 0. The van der Waals surface area contributed by atoms with Gasteiger partial charge in [-0.3, -0.25) is 15.1 Å². The fourth-order valence-electron chi connectivity index (χ4n) is 2.18. The predicted octanol–water partition coefficient (Wildman–Crippen LogP) is 2.35. The molecule has 0 unspecified atom stereocenters. The highest BCUT2D eigenvalue weighted by molar-refractivity contribution is 7.15. The Kier molecular flexibility index (Phi) is 2.96. The molecule has 0 saturated heterocycles. The van der Waals surface area contributed by atoms with Crippen molar-refractivity contribution in [1.29, 1.82) is 5.26 Å². The lowest BCUT2D eigenvalue weighted by Gasteiger charge is -1.98. The van der Waals surface area contributed by atoms with Crippen LogP contribution in [0.3, 0.4) is 0 Å². The number of carbonyl (C=O) groups excluding carboxylic acids is 1. The first kappa shape index (κ1) is 13.3. The number of benzene rings is 1. The second-order valence-electron chi connectivity index (χ2n) is 4.53. The molecule has 3 heterocycles. The molecule has 1 amide bonds. The molecule has 0 bridgehead atoms. The van der Waals surface area contributed by atoms with Gasteiger partial charge in [-0.25, -0.2) is 0 Å². The van der Waals surface area contributed by atoms with E-state index in [9.17, 15) is 4.79 Å². The molecule has 0 spiro atoms. The smallest absolute Gasteiger partial charge is 0.296 e. The topological polar surface area (TPSA) is 118 Å². The van der Waals surface area contributed by atoms with Crippen LogP contribution in [-0.4, -0.2) is 26.2 Å². The largest absolute Gasteiger partial charge is 0.350 e. The third-order valence-corrected chi connectivity index (χ3v) is 3.91. The van der Waals surface area contributed by atoms with Gasteiger partial charge in [-0.05, 0) is 12.1 Å². The summed E-state index contributed by atoms with van der Waals surface area (Å²) in [5.74, 6) is -0.454. The van der Waals surface area contributed by atoms with Crippen molar-refractivity contribution in [3.05, 3.63) is 41.2 Å². The Labute approximate surface area is 132 Å². The highest BCUT2D eigenvalue weighted by Crippen LogP contribution is 2.26. The van der Waals surface area contributed by atoms with Gasteiger partial charge in [-0.1, -0.05) is 28.6 Å². The molecule has 0 atom stereocenters. The molecular formula is C14H6N6O2S. The number of anilines is 1. The number of pyridine rings is 1. The normalized spacial score (nSPS) is 10.7. The molecule has 23 heavy (non-hydrogen) atoms. The van der Waals surface area contributed by atoms with Gasteiger partial charge in [-0.15, -0.1) is 10.2 Å². The van der Waals surface area contributed by atoms with Gasteiger partial charge < -0.3 is 4.52 Å². The molecule has 3 aromatic heterocycles. The van der Waals surface area contributed by atoms with Crippen molar-refractivity contribution in [2.24, 2.45) is 0 Å². The number of hydrogen-bond donors (Lipinski definition) is 1. The van der Waals surface area contributed by atoms with Gasteiger partial charge in [0.25, 0.3) is 5.91 Å². The lowest BCUT2D eigenvalue weighted by molar-refractivity contribution is 0.0990. The minimum Gasteiger partial charge on any atom is -0.350 e. The molecule has 0 aliphatic heterocycles. The van der Waals surface area contributed by atoms with E-state index in [0.717, 1.165) is 16.7 Å². The van der Waals surface area contributed by atoms with Gasteiger partial charge in [0, 0.05) is 11.6 Å². The number of amides is 1. The van der Waals surface area contributed by atoms with Crippen LogP contribution in [0.2, 0.25) is 0 Å². The van der Waals surface area contributed by atoms with E-state index >= 15 is 0 Å². The standard InChI is InChI=1S/C14H6N6O2S/c15-6-9-18-19-14(23-9)17-13(21)12-8-4-3-7-2-1-5-16-10(7)11(8)20-22-12/h1-5H,(H,17,19,21). The molecule has 110 valence electrons. The van der Waals surface area contributed by atoms with Crippen LogP contribution >= 0.6 is 11.3 Å². The Balaban J connectivity index is 1.75.